The largest absolute Gasteiger partial charge is 0.396 e. The van der Waals surface area contributed by atoms with E-state index < -0.39 is 23.9 Å². The highest BCUT2D eigenvalue weighted by molar-refractivity contribution is 5.94. The SMILES string of the molecule is C#CCCCON=C1[C@H]2CCn3c(=O)n(C)c(=O)n3[C@H]2[C@H](O)[C@@H]2O[C@H]12. The molecular weight excluding hydrogens is 328 g/mol. The fraction of sp³-hybridized carbons (Fsp3) is 0.688. The van der Waals surface area contributed by atoms with Gasteiger partial charge < -0.3 is 14.7 Å². The van der Waals surface area contributed by atoms with Crippen molar-refractivity contribution in [1.82, 2.24) is 13.9 Å². The molecular formula is C16H20N4O5. The van der Waals surface area contributed by atoms with Crippen LogP contribution in [0.15, 0.2) is 14.7 Å². The summed E-state index contributed by atoms with van der Waals surface area (Å²) in [5.41, 5.74) is -0.110. The molecule has 3 aliphatic rings. The number of terminal acetylenes is 1. The van der Waals surface area contributed by atoms with Crippen molar-refractivity contribution >= 4 is 5.71 Å². The number of aliphatic hydroxyl groups is 1. The van der Waals surface area contributed by atoms with Crippen LogP contribution in [0.2, 0.25) is 0 Å². The molecule has 0 bridgehead atoms. The van der Waals surface area contributed by atoms with Crippen molar-refractivity contribution in [3.8, 4) is 12.3 Å². The first-order valence-corrected chi connectivity index (χ1v) is 8.41. The molecule has 1 N–H and O–H groups in total. The molecule has 0 radical (unpaired) electrons. The second-order valence-electron chi connectivity index (χ2n) is 6.65. The van der Waals surface area contributed by atoms with Crippen LogP contribution in [0.3, 0.4) is 0 Å². The monoisotopic (exact) mass is 348 g/mol. The molecule has 0 spiro atoms. The minimum absolute atomic E-state index is 0.203. The molecule has 0 amide bonds. The lowest BCUT2D eigenvalue weighted by Gasteiger charge is -2.38. The van der Waals surface area contributed by atoms with Crippen molar-refractivity contribution in [3.63, 3.8) is 0 Å². The maximum Gasteiger partial charge on any atom is 0.347 e. The Balaban J connectivity index is 1.66. The maximum absolute atomic E-state index is 12.5. The summed E-state index contributed by atoms with van der Waals surface area (Å²) >= 11 is 0. The summed E-state index contributed by atoms with van der Waals surface area (Å²) in [6.07, 6.45) is 5.56. The van der Waals surface area contributed by atoms with Crippen LogP contribution in [0.1, 0.15) is 25.3 Å². The van der Waals surface area contributed by atoms with Crippen molar-refractivity contribution < 1.29 is 14.7 Å². The lowest BCUT2D eigenvalue weighted by Crippen LogP contribution is -2.53. The van der Waals surface area contributed by atoms with Crippen molar-refractivity contribution in [1.29, 1.82) is 0 Å². The summed E-state index contributed by atoms with van der Waals surface area (Å²) in [6.45, 7) is 0.789. The third-order valence-electron chi connectivity index (χ3n) is 5.21. The van der Waals surface area contributed by atoms with E-state index in [-0.39, 0.29) is 17.7 Å². The molecule has 3 heterocycles. The average Bonchev–Trinajstić information content (AvgIpc) is 3.38. The summed E-state index contributed by atoms with van der Waals surface area (Å²) in [7, 11) is 1.44. The highest BCUT2D eigenvalue weighted by Crippen LogP contribution is 2.46. The molecule has 0 unspecified atom stereocenters. The van der Waals surface area contributed by atoms with E-state index in [9.17, 15) is 14.7 Å². The summed E-state index contributed by atoms with van der Waals surface area (Å²) < 4.78 is 9.36. The first-order valence-electron chi connectivity index (χ1n) is 8.41. The summed E-state index contributed by atoms with van der Waals surface area (Å²) in [6, 6.07) is -0.577. The van der Waals surface area contributed by atoms with Gasteiger partial charge in [0.2, 0.25) is 0 Å². The van der Waals surface area contributed by atoms with Gasteiger partial charge in [0.15, 0.2) is 0 Å². The van der Waals surface area contributed by atoms with E-state index in [1.807, 2.05) is 0 Å². The van der Waals surface area contributed by atoms with Gasteiger partial charge in [0.25, 0.3) is 0 Å². The van der Waals surface area contributed by atoms with Gasteiger partial charge in [-0.1, -0.05) is 5.16 Å². The highest BCUT2D eigenvalue weighted by Gasteiger charge is 2.61. The van der Waals surface area contributed by atoms with Gasteiger partial charge in [-0.2, -0.15) is 0 Å². The van der Waals surface area contributed by atoms with Crippen molar-refractivity contribution in [3.05, 3.63) is 21.0 Å². The Labute approximate surface area is 143 Å². The third kappa shape index (κ3) is 2.36. The van der Waals surface area contributed by atoms with E-state index in [2.05, 4.69) is 11.1 Å². The van der Waals surface area contributed by atoms with Crippen LogP contribution in [0.5, 0.6) is 0 Å². The van der Waals surface area contributed by atoms with Gasteiger partial charge in [0, 0.05) is 25.9 Å². The predicted molar refractivity (Wildman–Crippen MR) is 87.2 cm³/mol. The number of ether oxygens (including phenoxy) is 1. The number of fused-ring (bicyclic) bond motifs is 4. The summed E-state index contributed by atoms with van der Waals surface area (Å²) in [5, 5.41) is 14.8. The third-order valence-corrected chi connectivity index (χ3v) is 5.21. The molecule has 2 aliphatic heterocycles. The van der Waals surface area contributed by atoms with Crippen molar-refractivity contribution in [2.75, 3.05) is 6.61 Å². The molecule has 1 aromatic rings. The lowest BCUT2D eigenvalue weighted by molar-refractivity contribution is 0.0323. The summed E-state index contributed by atoms with van der Waals surface area (Å²) in [4.78, 5) is 30.0. The molecule has 9 nitrogen and oxygen atoms in total. The molecule has 1 aromatic heterocycles. The molecule has 1 aliphatic carbocycles. The quantitative estimate of drug-likeness (QED) is 0.320. The van der Waals surface area contributed by atoms with Crippen LogP contribution < -0.4 is 11.4 Å². The molecule has 0 aromatic carbocycles. The summed E-state index contributed by atoms with van der Waals surface area (Å²) in [5.74, 6) is 2.34. The highest BCUT2D eigenvalue weighted by atomic mass is 16.6. The van der Waals surface area contributed by atoms with Gasteiger partial charge in [-0.25, -0.2) is 23.5 Å². The number of aromatic nitrogens is 3. The van der Waals surface area contributed by atoms with Gasteiger partial charge in [0.1, 0.15) is 24.9 Å². The van der Waals surface area contributed by atoms with E-state index in [4.69, 9.17) is 16.0 Å². The van der Waals surface area contributed by atoms with Gasteiger partial charge in [0.05, 0.1) is 11.8 Å². The minimum atomic E-state index is -0.860. The van der Waals surface area contributed by atoms with Crippen LogP contribution in [-0.2, 0) is 23.2 Å². The van der Waals surface area contributed by atoms with Crippen LogP contribution >= 0.6 is 0 Å². The maximum atomic E-state index is 12.5. The zero-order valence-electron chi connectivity index (χ0n) is 13.9. The molecule has 5 atom stereocenters. The zero-order chi connectivity index (χ0) is 17.7. The van der Waals surface area contributed by atoms with E-state index in [1.165, 1.54) is 16.4 Å². The Morgan fingerprint density at radius 3 is 3.00 bits per heavy atom. The second-order valence-corrected chi connectivity index (χ2v) is 6.65. The molecule has 1 saturated carbocycles. The Bertz CT molecular complexity index is 873. The van der Waals surface area contributed by atoms with E-state index in [1.54, 1.807) is 0 Å². The van der Waals surface area contributed by atoms with Crippen LogP contribution in [0, 0.1) is 18.3 Å². The van der Waals surface area contributed by atoms with Gasteiger partial charge >= 0.3 is 11.4 Å². The van der Waals surface area contributed by atoms with Gasteiger partial charge in [-0.05, 0) is 12.8 Å². The van der Waals surface area contributed by atoms with Gasteiger partial charge in [-0.15, -0.1) is 12.3 Å². The molecule has 9 heteroatoms. The number of unbranched alkanes of at least 4 members (excludes halogenated alkanes) is 1. The Morgan fingerprint density at radius 1 is 1.44 bits per heavy atom. The topological polar surface area (TPSA) is 103 Å². The molecule has 134 valence electrons. The molecule has 25 heavy (non-hydrogen) atoms. The lowest BCUT2D eigenvalue weighted by atomic mass is 9.78. The number of rotatable bonds is 4. The number of aliphatic hydroxyl groups excluding tert-OH is 1. The second kappa shape index (κ2) is 5.89. The van der Waals surface area contributed by atoms with Crippen LogP contribution in [0.4, 0.5) is 0 Å². The Kier molecular flexibility index (Phi) is 3.81. The standard InChI is InChI=1S/C16H20N4O5/c1-3-4-5-8-24-17-10-9-6-7-19-15(22)18(2)16(23)20(19)11(9)12(21)14-13(10)25-14/h1,9,11-14,21H,4-8H2,2H3/t9-,11-,12+,13-,14+/m1/s1. The molecule has 4 rings (SSSR count). The number of nitrogens with zero attached hydrogens (tertiary/aromatic N) is 4. The predicted octanol–water partition coefficient (Wildman–Crippen LogP) is -1.16. The number of hydrogen-bond acceptors (Lipinski definition) is 6. The average molecular weight is 348 g/mol. The van der Waals surface area contributed by atoms with Crippen LogP contribution in [0.25, 0.3) is 0 Å². The first kappa shape index (κ1) is 16.2. The fourth-order valence-electron chi connectivity index (χ4n) is 3.91. The fourth-order valence-corrected chi connectivity index (χ4v) is 3.91. The molecule has 1 saturated heterocycles. The Hall–Kier alpha value is -2.31. The molecule has 2 fully saturated rings. The smallest absolute Gasteiger partial charge is 0.347 e. The van der Waals surface area contributed by atoms with Crippen molar-refractivity contribution in [2.24, 2.45) is 18.1 Å². The van der Waals surface area contributed by atoms with E-state index in [0.29, 0.717) is 38.1 Å². The minimum Gasteiger partial charge on any atom is -0.396 e. The number of epoxide rings is 1. The van der Waals surface area contributed by atoms with E-state index in [0.717, 1.165) is 4.57 Å². The van der Waals surface area contributed by atoms with E-state index >= 15 is 0 Å². The zero-order valence-corrected chi connectivity index (χ0v) is 13.9. The number of oxime groups is 1. The number of hydrogen-bond donors (Lipinski definition) is 1. The van der Waals surface area contributed by atoms with Crippen LogP contribution in [-0.4, -0.2) is 49.7 Å². The Morgan fingerprint density at radius 2 is 2.24 bits per heavy atom. The van der Waals surface area contributed by atoms with Crippen molar-refractivity contribution in [2.45, 2.75) is 50.2 Å². The first-order chi connectivity index (χ1) is 12.1. The van der Waals surface area contributed by atoms with Gasteiger partial charge in [-0.3, -0.25) is 0 Å². The normalized spacial score (nSPS) is 34.0.